The summed E-state index contributed by atoms with van der Waals surface area (Å²) in [4.78, 5) is 16.3. The van der Waals surface area contributed by atoms with Gasteiger partial charge in [0, 0.05) is 12.7 Å². The zero-order chi connectivity index (χ0) is 16.3. The minimum atomic E-state index is -0.312. The van der Waals surface area contributed by atoms with Crippen molar-refractivity contribution in [3.05, 3.63) is 62.9 Å². The van der Waals surface area contributed by atoms with Crippen molar-refractivity contribution >= 4 is 17.5 Å². The Kier molecular flexibility index (Phi) is 4.79. The Morgan fingerprint density at radius 2 is 1.91 bits per heavy atom. The number of pyridine rings is 1. The van der Waals surface area contributed by atoms with Crippen LogP contribution >= 0.6 is 11.6 Å². The number of benzene rings is 1. The van der Waals surface area contributed by atoms with E-state index in [0.717, 1.165) is 22.3 Å². The molecule has 1 heterocycles. The highest BCUT2D eigenvalue weighted by atomic mass is 35.5. The Hall–Kier alpha value is -2.38. The highest BCUT2D eigenvalue weighted by molar-refractivity contribution is 6.33. The van der Waals surface area contributed by atoms with E-state index in [9.17, 15) is 4.79 Å². The summed E-state index contributed by atoms with van der Waals surface area (Å²) in [5, 5.41) is 12.1. The van der Waals surface area contributed by atoms with Gasteiger partial charge in [-0.2, -0.15) is 5.26 Å². The van der Waals surface area contributed by atoms with E-state index in [1.807, 2.05) is 32.9 Å². The summed E-state index contributed by atoms with van der Waals surface area (Å²) in [5.74, 6) is -0.312. The number of nitrogens with zero attached hydrogens (tertiary/aromatic N) is 2. The molecule has 1 aromatic carbocycles. The molecule has 0 aliphatic carbocycles. The maximum absolute atomic E-state index is 12.2. The third kappa shape index (κ3) is 3.44. The number of aromatic nitrogens is 1. The maximum Gasteiger partial charge on any atom is 0.271 e. The smallest absolute Gasteiger partial charge is 0.271 e. The number of amides is 1. The Balaban J connectivity index is 2.17. The van der Waals surface area contributed by atoms with Gasteiger partial charge in [-0.15, -0.1) is 0 Å². The molecule has 5 heteroatoms. The molecule has 0 unspecified atom stereocenters. The van der Waals surface area contributed by atoms with E-state index in [2.05, 4.69) is 16.4 Å². The van der Waals surface area contributed by atoms with E-state index < -0.39 is 0 Å². The predicted octanol–water partition coefficient (Wildman–Crippen LogP) is 3.46. The molecule has 0 bridgehead atoms. The van der Waals surface area contributed by atoms with Gasteiger partial charge in [-0.25, -0.2) is 4.98 Å². The van der Waals surface area contributed by atoms with Crippen LogP contribution in [0, 0.1) is 32.1 Å². The van der Waals surface area contributed by atoms with Crippen molar-refractivity contribution in [3.8, 4) is 6.07 Å². The third-order valence-corrected chi connectivity index (χ3v) is 3.73. The molecule has 0 spiro atoms. The van der Waals surface area contributed by atoms with Crippen LogP contribution in [0.1, 0.15) is 38.3 Å². The minimum Gasteiger partial charge on any atom is -0.347 e. The number of rotatable bonds is 3. The standard InChI is InChI=1S/C17H16ClN3O/c1-10-4-15(18)16(20-8-10)17(22)21-9-14-11(2)5-13(7-19)6-12(14)3/h4-6,8H,9H2,1-3H3,(H,21,22). The van der Waals surface area contributed by atoms with E-state index >= 15 is 0 Å². The molecule has 112 valence electrons. The van der Waals surface area contributed by atoms with Crippen LogP contribution in [0.5, 0.6) is 0 Å². The molecule has 0 radical (unpaired) electrons. The van der Waals surface area contributed by atoms with Crippen LogP contribution < -0.4 is 5.32 Å². The van der Waals surface area contributed by atoms with Gasteiger partial charge in [-0.1, -0.05) is 11.6 Å². The van der Waals surface area contributed by atoms with Gasteiger partial charge in [0.05, 0.1) is 16.7 Å². The Bertz CT molecular complexity index is 755. The number of aryl methyl sites for hydroxylation is 3. The quantitative estimate of drug-likeness (QED) is 0.943. The summed E-state index contributed by atoms with van der Waals surface area (Å²) < 4.78 is 0. The molecular weight excluding hydrogens is 298 g/mol. The first-order valence-electron chi connectivity index (χ1n) is 6.83. The summed E-state index contributed by atoms with van der Waals surface area (Å²) in [6, 6.07) is 7.46. The lowest BCUT2D eigenvalue weighted by Crippen LogP contribution is -2.25. The number of hydrogen-bond acceptors (Lipinski definition) is 3. The molecule has 2 aromatic rings. The van der Waals surface area contributed by atoms with Gasteiger partial charge >= 0.3 is 0 Å². The van der Waals surface area contributed by atoms with Crippen molar-refractivity contribution < 1.29 is 4.79 Å². The molecule has 1 N–H and O–H groups in total. The van der Waals surface area contributed by atoms with Crippen LogP contribution in [0.4, 0.5) is 0 Å². The topological polar surface area (TPSA) is 65.8 Å². The third-order valence-electron chi connectivity index (χ3n) is 3.44. The van der Waals surface area contributed by atoms with E-state index in [-0.39, 0.29) is 11.6 Å². The van der Waals surface area contributed by atoms with Gasteiger partial charge in [0.1, 0.15) is 5.69 Å². The Morgan fingerprint density at radius 1 is 1.27 bits per heavy atom. The second-order valence-corrected chi connectivity index (χ2v) is 5.63. The summed E-state index contributed by atoms with van der Waals surface area (Å²) in [5.41, 5.74) is 4.68. The molecule has 2 rings (SSSR count). The SMILES string of the molecule is Cc1cnc(C(=O)NCc2c(C)cc(C#N)cc2C)c(Cl)c1. The predicted molar refractivity (Wildman–Crippen MR) is 85.8 cm³/mol. The Morgan fingerprint density at radius 3 is 2.45 bits per heavy atom. The molecule has 4 nitrogen and oxygen atoms in total. The zero-order valence-corrected chi connectivity index (χ0v) is 13.5. The van der Waals surface area contributed by atoms with Crippen molar-refractivity contribution in [2.24, 2.45) is 0 Å². The van der Waals surface area contributed by atoms with E-state index in [1.54, 1.807) is 12.3 Å². The van der Waals surface area contributed by atoms with E-state index in [1.165, 1.54) is 0 Å². The van der Waals surface area contributed by atoms with Crippen molar-refractivity contribution in [3.63, 3.8) is 0 Å². The monoisotopic (exact) mass is 313 g/mol. The lowest BCUT2D eigenvalue weighted by atomic mass is 9.99. The van der Waals surface area contributed by atoms with Crippen molar-refractivity contribution in [1.29, 1.82) is 5.26 Å². The molecule has 22 heavy (non-hydrogen) atoms. The maximum atomic E-state index is 12.2. The van der Waals surface area contributed by atoms with Crippen molar-refractivity contribution in [1.82, 2.24) is 10.3 Å². The number of halogens is 1. The lowest BCUT2D eigenvalue weighted by Gasteiger charge is -2.12. The van der Waals surface area contributed by atoms with Crippen molar-refractivity contribution in [2.75, 3.05) is 0 Å². The largest absolute Gasteiger partial charge is 0.347 e. The van der Waals surface area contributed by atoms with Crippen LogP contribution in [-0.2, 0) is 6.54 Å². The zero-order valence-electron chi connectivity index (χ0n) is 12.7. The van der Waals surface area contributed by atoms with Crippen LogP contribution in [0.25, 0.3) is 0 Å². The number of hydrogen-bond donors (Lipinski definition) is 1. The number of carbonyl (C=O) groups excluding carboxylic acids is 1. The van der Waals surface area contributed by atoms with Gasteiger partial charge in [-0.05, 0) is 61.2 Å². The second-order valence-electron chi connectivity index (χ2n) is 5.23. The number of carbonyl (C=O) groups is 1. The first-order chi connectivity index (χ1) is 10.4. The molecule has 1 amide bonds. The van der Waals surface area contributed by atoms with Crippen LogP contribution in [0.2, 0.25) is 5.02 Å². The summed E-state index contributed by atoms with van der Waals surface area (Å²) >= 11 is 6.05. The Labute approximate surface area is 134 Å². The molecule has 1 aromatic heterocycles. The first kappa shape index (κ1) is 16.0. The van der Waals surface area contributed by atoms with Crippen LogP contribution in [-0.4, -0.2) is 10.9 Å². The van der Waals surface area contributed by atoms with Crippen LogP contribution in [0.3, 0.4) is 0 Å². The molecule has 0 saturated carbocycles. The van der Waals surface area contributed by atoms with Gasteiger partial charge in [-0.3, -0.25) is 4.79 Å². The van der Waals surface area contributed by atoms with Gasteiger partial charge < -0.3 is 5.32 Å². The highest BCUT2D eigenvalue weighted by Crippen LogP contribution is 2.18. The summed E-state index contributed by atoms with van der Waals surface area (Å²) in [6.45, 7) is 6.08. The number of nitrogens with one attached hydrogen (secondary N) is 1. The average molecular weight is 314 g/mol. The van der Waals surface area contributed by atoms with Crippen molar-refractivity contribution in [2.45, 2.75) is 27.3 Å². The normalized spacial score (nSPS) is 10.1. The number of nitriles is 1. The molecular formula is C17H16ClN3O. The highest BCUT2D eigenvalue weighted by Gasteiger charge is 2.13. The van der Waals surface area contributed by atoms with Gasteiger partial charge in [0.15, 0.2) is 0 Å². The average Bonchev–Trinajstić information content (AvgIpc) is 2.45. The fourth-order valence-corrected chi connectivity index (χ4v) is 2.60. The second kappa shape index (κ2) is 6.59. The molecule has 0 atom stereocenters. The first-order valence-corrected chi connectivity index (χ1v) is 7.20. The fourth-order valence-electron chi connectivity index (χ4n) is 2.29. The van der Waals surface area contributed by atoms with E-state index in [0.29, 0.717) is 17.1 Å². The molecule has 0 aliphatic heterocycles. The molecule has 0 fully saturated rings. The van der Waals surface area contributed by atoms with Gasteiger partial charge in [0.2, 0.25) is 0 Å². The molecule has 0 aliphatic rings. The lowest BCUT2D eigenvalue weighted by molar-refractivity contribution is 0.0946. The summed E-state index contributed by atoms with van der Waals surface area (Å²) in [6.07, 6.45) is 1.61. The van der Waals surface area contributed by atoms with E-state index in [4.69, 9.17) is 16.9 Å². The van der Waals surface area contributed by atoms with Crippen LogP contribution in [0.15, 0.2) is 24.4 Å². The molecule has 0 saturated heterocycles. The minimum absolute atomic E-state index is 0.219. The van der Waals surface area contributed by atoms with Gasteiger partial charge in [0.25, 0.3) is 5.91 Å². The fraction of sp³-hybridized carbons (Fsp3) is 0.235. The summed E-state index contributed by atoms with van der Waals surface area (Å²) in [7, 11) is 0.